The molecule has 2 unspecified atom stereocenters. The van der Waals surface area contributed by atoms with Crippen molar-refractivity contribution < 1.29 is 26.3 Å². The largest absolute Gasteiger partial charge is 0.416 e. The molecule has 0 spiro atoms. The molecule has 2 rings (SSSR count). The number of hydrogen-bond acceptors (Lipinski definition) is 3. The lowest BCUT2D eigenvalue weighted by Crippen LogP contribution is -2.34. The molecule has 8 heteroatoms. The summed E-state index contributed by atoms with van der Waals surface area (Å²) >= 11 is 2.39. The van der Waals surface area contributed by atoms with Crippen molar-refractivity contribution >= 4 is 26.1 Å². The van der Waals surface area contributed by atoms with Crippen LogP contribution in [0.3, 0.4) is 0 Å². The second kappa shape index (κ2) is 5.68. The van der Waals surface area contributed by atoms with Gasteiger partial charge in [-0.25, -0.2) is 8.42 Å². The van der Waals surface area contributed by atoms with E-state index in [-0.39, 0.29) is 22.9 Å². The quantitative estimate of drug-likeness (QED) is 0.784. The Morgan fingerprint density at radius 3 is 2.60 bits per heavy atom. The van der Waals surface area contributed by atoms with Gasteiger partial charge in [-0.1, -0.05) is 6.07 Å². The van der Waals surface area contributed by atoms with Crippen LogP contribution in [-0.2, 0) is 20.8 Å². The van der Waals surface area contributed by atoms with E-state index in [1.807, 2.05) is 0 Å². The molecule has 0 saturated carbocycles. The van der Waals surface area contributed by atoms with Crippen LogP contribution in [0.2, 0.25) is 0 Å². The molecule has 20 heavy (non-hydrogen) atoms. The van der Waals surface area contributed by atoms with Crippen molar-refractivity contribution in [3.8, 4) is 0 Å². The minimum atomic E-state index is -4.55. The smallest absolute Gasteiger partial charge is 0.396 e. The minimum absolute atomic E-state index is 0.267. The predicted octanol–water partition coefficient (Wildman–Crippen LogP) is 2.15. The summed E-state index contributed by atoms with van der Waals surface area (Å²) in [4.78, 5) is -0.564. The Hall–Kier alpha value is -0.548. The summed E-state index contributed by atoms with van der Waals surface area (Å²) in [5.74, 6) is 0. The third-order valence-electron chi connectivity index (χ3n) is 3.20. The van der Waals surface area contributed by atoms with Gasteiger partial charge in [0.15, 0.2) is 26.1 Å². The second-order valence-corrected chi connectivity index (χ2v) is 7.60. The van der Waals surface area contributed by atoms with Gasteiger partial charge in [0, 0.05) is 6.61 Å². The first kappa shape index (κ1) is 15.8. The van der Waals surface area contributed by atoms with Gasteiger partial charge < -0.3 is 4.74 Å². The molecule has 1 heterocycles. The molecule has 1 aromatic carbocycles. The van der Waals surface area contributed by atoms with E-state index < -0.39 is 26.8 Å². The molecule has 0 N–H and O–H groups in total. The van der Waals surface area contributed by atoms with Crippen molar-refractivity contribution in [2.75, 3.05) is 6.61 Å². The molecule has 2 radical (unpaired) electrons. The van der Waals surface area contributed by atoms with Crippen molar-refractivity contribution in [2.24, 2.45) is 0 Å². The highest BCUT2D eigenvalue weighted by Crippen LogP contribution is 2.32. The van der Waals surface area contributed by atoms with E-state index >= 15 is 0 Å². The van der Waals surface area contributed by atoms with Gasteiger partial charge >= 0.3 is 6.18 Å². The van der Waals surface area contributed by atoms with E-state index in [0.717, 1.165) is 12.1 Å². The van der Waals surface area contributed by atoms with Crippen molar-refractivity contribution in [1.82, 2.24) is 0 Å². The summed E-state index contributed by atoms with van der Waals surface area (Å²) in [7, 11) is -3.77. The first-order chi connectivity index (χ1) is 9.21. The maximum Gasteiger partial charge on any atom is 0.416 e. The van der Waals surface area contributed by atoms with Crippen LogP contribution >= 0.6 is 0 Å². The normalized spacial score (nSPS) is 24.6. The summed E-state index contributed by atoms with van der Waals surface area (Å²) < 4.78 is 67.9. The number of alkyl halides is 3. The number of ether oxygens (including phenoxy) is 1. The van der Waals surface area contributed by atoms with E-state index in [9.17, 15) is 21.6 Å². The first-order valence-corrected chi connectivity index (χ1v) is 8.21. The molecular formula is C12H12AlF3O3S. The Balaban J connectivity index is 2.34. The van der Waals surface area contributed by atoms with Gasteiger partial charge in [0.05, 0.1) is 15.7 Å². The highest BCUT2D eigenvalue weighted by atomic mass is 32.2. The highest BCUT2D eigenvalue weighted by molar-refractivity contribution is 7.92. The van der Waals surface area contributed by atoms with Gasteiger partial charge in [-0.05, 0) is 36.0 Å². The molecule has 1 aliphatic rings. The van der Waals surface area contributed by atoms with Gasteiger partial charge in [-0.2, -0.15) is 13.2 Å². The Morgan fingerprint density at radius 1 is 1.30 bits per heavy atom. The molecule has 2 atom stereocenters. The molecule has 0 bridgehead atoms. The standard InChI is InChI=1S/C12H12F3O3S.Al/c13-12(14,15)9-2-1-3-11(8-9)19(16,17)10-4-6-18-7-5-10;/h1-3,6,8,10H,4-5,7H2;. The predicted molar refractivity (Wildman–Crippen MR) is 67.1 cm³/mol. The van der Waals surface area contributed by atoms with Gasteiger partial charge in [0.25, 0.3) is 0 Å². The van der Waals surface area contributed by atoms with Crippen molar-refractivity contribution in [1.29, 1.82) is 0 Å². The third-order valence-corrected chi connectivity index (χ3v) is 5.88. The molecular weight excluding hydrogens is 308 g/mol. The molecule has 0 aromatic heterocycles. The van der Waals surface area contributed by atoms with Gasteiger partial charge in [-0.3, -0.25) is 0 Å². The maximum atomic E-state index is 12.6. The average molecular weight is 320 g/mol. The van der Waals surface area contributed by atoms with Crippen LogP contribution in [0.25, 0.3) is 0 Å². The number of benzene rings is 1. The van der Waals surface area contributed by atoms with Crippen molar-refractivity contribution in [3.05, 3.63) is 29.8 Å². The van der Waals surface area contributed by atoms with Crippen molar-refractivity contribution in [2.45, 2.75) is 34.1 Å². The summed E-state index contributed by atoms with van der Waals surface area (Å²) in [6.45, 7) is 0.289. The fourth-order valence-corrected chi connectivity index (χ4v) is 4.58. The van der Waals surface area contributed by atoms with Crippen LogP contribution in [-0.4, -0.2) is 41.5 Å². The van der Waals surface area contributed by atoms with Gasteiger partial charge in [-0.15, -0.1) is 0 Å². The first-order valence-electron chi connectivity index (χ1n) is 5.99. The molecule has 3 nitrogen and oxygen atoms in total. The second-order valence-electron chi connectivity index (χ2n) is 4.63. The fraction of sp³-hybridized carbons (Fsp3) is 0.500. The number of hydrogen-bond donors (Lipinski definition) is 0. The molecule has 1 saturated heterocycles. The average Bonchev–Trinajstić information content (AvgIpc) is 2.38. The molecule has 1 aliphatic heterocycles. The lowest BCUT2D eigenvalue weighted by molar-refractivity contribution is -0.137. The lowest BCUT2D eigenvalue weighted by atomic mass is 10.2. The summed E-state index contributed by atoms with van der Waals surface area (Å²) in [6.07, 6.45) is -3.99. The van der Waals surface area contributed by atoms with E-state index in [4.69, 9.17) is 4.74 Å². The van der Waals surface area contributed by atoms with Crippen LogP contribution in [0, 0.1) is 0 Å². The van der Waals surface area contributed by atoms with Crippen molar-refractivity contribution in [3.63, 3.8) is 0 Å². The Labute approximate surface area is 123 Å². The van der Waals surface area contributed by atoms with E-state index in [1.165, 1.54) is 6.07 Å². The molecule has 0 amide bonds. The molecule has 1 aromatic rings. The van der Waals surface area contributed by atoms with Gasteiger partial charge in [0.1, 0.15) is 0 Å². The van der Waals surface area contributed by atoms with Gasteiger partial charge in [0.2, 0.25) is 0 Å². The summed E-state index contributed by atoms with van der Waals surface area (Å²) in [5, 5.41) is -0.706. The van der Waals surface area contributed by atoms with Crippen LogP contribution in [0.5, 0.6) is 0 Å². The SMILES string of the molecule is O=S(=O)(c1cccc(C(F)(F)F)c1)C1CCO[CH]([Al])C1. The Morgan fingerprint density at radius 2 is 2.00 bits per heavy atom. The highest BCUT2D eigenvalue weighted by Gasteiger charge is 2.35. The molecule has 1 fully saturated rings. The zero-order valence-corrected chi connectivity index (χ0v) is 12.4. The monoisotopic (exact) mass is 320 g/mol. The maximum absolute atomic E-state index is 12.6. The van der Waals surface area contributed by atoms with E-state index in [2.05, 4.69) is 16.3 Å². The summed E-state index contributed by atoms with van der Waals surface area (Å²) in [6, 6.07) is 3.88. The third kappa shape index (κ3) is 3.37. The number of halogens is 3. The Kier molecular flexibility index (Phi) is 4.50. The zero-order chi connectivity index (χ0) is 15.0. The van der Waals surface area contributed by atoms with Crippen LogP contribution in [0.4, 0.5) is 13.2 Å². The fourth-order valence-electron chi connectivity index (χ4n) is 2.12. The summed E-state index contributed by atoms with van der Waals surface area (Å²) in [5.41, 5.74) is -0.951. The minimum Gasteiger partial charge on any atom is -0.396 e. The van der Waals surface area contributed by atoms with E-state index in [1.54, 1.807) is 0 Å². The number of rotatable bonds is 2. The topological polar surface area (TPSA) is 43.4 Å². The van der Waals surface area contributed by atoms with Crippen LogP contribution < -0.4 is 0 Å². The lowest BCUT2D eigenvalue weighted by Gasteiger charge is -2.28. The molecule has 0 aliphatic carbocycles. The van der Waals surface area contributed by atoms with Crippen LogP contribution in [0.1, 0.15) is 18.4 Å². The van der Waals surface area contributed by atoms with Crippen LogP contribution in [0.15, 0.2) is 29.2 Å². The zero-order valence-electron chi connectivity index (χ0n) is 10.4. The van der Waals surface area contributed by atoms with E-state index in [0.29, 0.717) is 12.5 Å². The Bertz CT molecular complexity index is 586. The number of sulfone groups is 1. The molecule has 108 valence electrons.